The first-order chi connectivity index (χ1) is 13.3. The largest absolute Gasteiger partial charge is 0.484 e. The van der Waals surface area contributed by atoms with E-state index < -0.39 is 29.5 Å². The molecule has 28 heavy (non-hydrogen) atoms. The summed E-state index contributed by atoms with van der Waals surface area (Å²) in [6.07, 6.45) is -0.351. The number of fused-ring (bicyclic) bond motifs is 1. The first-order valence-corrected chi connectivity index (χ1v) is 8.25. The van der Waals surface area contributed by atoms with Crippen molar-refractivity contribution in [3.05, 3.63) is 59.4 Å². The van der Waals surface area contributed by atoms with E-state index in [2.05, 4.69) is 5.32 Å². The summed E-state index contributed by atoms with van der Waals surface area (Å²) in [7, 11) is 0. The summed E-state index contributed by atoms with van der Waals surface area (Å²) in [5.41, 5.74) is 0.524. The average molecular weight is 386 g/mol. The number of benzene rings is 2. The number of rotatable bonds is 7. The summed E-state index contributed by atoms with van der Waals surface area (Å²) in [4.78, 5) is 48.1. The number of nitrogens with one attached hydrogen (secondary N) is 1. The van der Waals surface area contributed by atoms with Crippen LogP contribution in [0.15, 0.2) is 42.5 Å². The standard InChI is InChI=1S/C19H15FN2O6/c20-11-1-4-13(5-2-11)28-10-16(23)21-12-3-6-14-15(9-12)19(27)22(18(14)26)8-7-17(24)25/h1-6,9H,7-8,10H2,(H,21,23)(H,24,25). The molecule has 0 radical (unpaired) electrons. The van der Waals surface area contributed by atoms with Gasteiger partial charge in [0.1, 0.15) is 11.6 Å². The number of carboxylic acids is 1. The normalized spacial score (nSPS) is 12.7. The number of carboxylic acid groups (broad SMARTS) is 1. The molecule has 0 fully saturated rings. The van der Waals surface area contributed by atoms with Crippen molar-refractivity contribution in [1.29, 1.82) is 0 Å². The Morgan fingerprint density at radius 2 is 1.71 bits per heavy atom. The van der Waals surface area contributed by atoms with E-state index in [-0.39, 0.29) is 36.4 Å². The fraction of sp³-hybridized carbons (Fsp3) is 0.158. The molecule has 0 spiro atoms. The van der Waals surface area contributed by atoms with E-state index >= 15 is 0 Å². The summed E-state index contributed by atoms with van der Waals surface area (Å²) < 4.78 is 18.1. The van der Waals surface area contributed by atoms with Gasteiger partial charge in [-0.3, -0.25) is 24.1 Å². The van der Waals surface area contributed by atoms with Crippen molar-refractivity contribution >= 4 is 29.4 Å². The lowest BCUT2D eigenvalue weighted by Gasteiger charge is -2.11. The number of anilines is 1. The molecule has 0 unspecified atom stereocenters. The zero-order chi connectivity index (χ0) is 20.3. The lowest BCUT2D eigenvalue weighted by atomic mass is 10.1. The monoisotopic (exact) mass is 386 g/mol. The zero-order valence-corrected chi connectivity index (χ0v) is 14.5. The van der Waals surface area contributed by atoms with Crippen LogP contribution in [0.2, 0.25) is 0 Å². The van der Waals surface area contributed by atoms with Crippen LogP contribution in [0.5, 0.6) is 5.75 Å². The van der Waals surface area contributed by atoms with Crippen molar-refractivity contribution in [2.24, 2.45) is 0 Å². The Morgan fingerprint density at radius 1 is 1.04 bits per heavy atom. The highest BCUT2D eigenvalue weighted by Crippen LogP contribution is 2.26. The second-order valence-corrected chi connectivity index (χ2v) is 5.96. The molecule has 0 atom stereocenters. The summed E-state index contributed by atoms with van der Waals surface area (Å²) >= 11 is 0. The van der Waals surface area contributed by atoms with Crippen LogP contribution in [0.1, 0.15) is 27.1 Å². The molecule has 2 aromatic rings. The number of amides is 3. The van der Waals surface area contributed by atoms with Crippen molar-refractivity contribution in [2.75, 3.05) is 18.5 Å². The molecule has 0 saturated heterocycles. The molecule has 1 aliphatic heterocycles. The lowest BCUT2D eigenvalue weighted by Crippen LogP contribution is -2.31. The van der Waals surface area contributed by atoms with Gasteiger partial charge < -0.3 is 15.2 Å². The molecule has 0 aliphatic carbocycles. The quantitative estimate of drug-likeness (QED) is 0.703. The summed E-state index contributed by atoms with van der Waals surface area (Å²) in [6.45, 7) is -0.560. The van der Waals surface area contributed by atoms with Crippen LogP contribution in [0, 0.1) is 5.82 Å². The number of carbonyl (C=O) groups is 4. The third kappa shape index (κ3) is 4.14. The second-order valence-electron chi connectivity index (χ2n) is 5.96. The van der Waals surface area contributed by atoms with Gasteiger partial charge in [0, 0.05) is 12.2 Å². The predicted octanol–water partition coefficient (Wildman–Crippen LogP) is 1.91. The van der Waals surface area contributed by atoms with Crippen molar-refractivity contribution < 1.29 is 33.4 Å². The number of hydrogen-bond donors (Lipinski definition) is 2. The minimum atomic E-state index is -1.12. The van der Waals surface area contributed by atoms with Crippen molar-refractivity contribution in [1.82, 2.24) is 4.90 Å². The first-order valence-electron chi connectivity index (χ1n) is 8.25. The van der Waals surface area contributed by atoms with E-state index in [1.165, 1.54) is 42.5 Å². The van der Waals surface area contributed by atoms with E-state index in [4.69, 9.17) is 9.84 Å². The van der Waals surface area contributed by atoms with Crippen LogP contribution < -0.4 is 10.1 Å². The highest BCUT2D eigenvalue weighted by atomic mass is 19.1. The van der Waals surface area contributed by atoms with E-state index in [1.54, 1.807) is 0 Å². The molecule has 0 saturated carbocycles. The predicted molar refractivity (Wildman–Crippen MR) is 94.6 cm³/mol. The van der Waals surface area contributed by atoms with Crippen molar-refractivity contribution in [3.8, 4) is 5.75 Å². The Kier molecular flexibility index (Phi) is 5.35. The van der Waals surface area contributed by atoms with E-state index in [9.17, 15) is 23.6 Å². The van der Waals surface area contributed by atoms with Crippen molar-refractivity contribution in [2.45, 2.75) is 6.42 Å². The molecule has 0 bridgehead atoms. The fourth-order valence-electron chi connectivity index (χ4n) is 2.66. The molecule has 2 aromatic carbocycles. The molecule has 8 nitrogen and oxygen atoms in total. The van der Waals surface area contributed by atoms with Gasteiger partial charge in [-0.05, 0) is 42.5 Å². The van der Waals surface area contributed by atoms with Gasteiger partial charge in [-0.1, -0.05) is 0 Å². The molecule has 1 heterocycles. The van der Waals surface area contributed by atoms with Crippen LogP contribution in [0.25, 0.3) is 0 Å². The fourth-order valence-corrected chi connectivity index (χ4v) is 2.66. The number of halogens is 1. The number of hydrogen-bond acceptors (Lipinski definition) is 5. The summed E-state index contributed by atoms with van der Waals surface area (Å²) in [6, 6.07) is 9.38. The van der Waals surface area contributed by atoms with Gasteiger partial charge in [0.15, 0.2) is 6.61 Å². The number of imide groups is 1. The van der Waals surface area contributed by atoms with Gasteiger partial charge in [-0.25, -0.2) is 4.39 Å². The number of aliphatic carboxylic acids is 1. The van der Waals surface area contributed by atoms with E-state index in [0.29, 0.717) is 5.75 Å². The Morgan fingerprint density at radius 3 is 2.39 bits per heavy atom. The van der Waals surface area contributed by atoms with Gasteiger partial charge in [0.25, 0.3) is 17.7 Å². The van der Waals surface area contributed by atoms with Gasteiger partial charge in [0.05, 0.1) is 17.5 Å². The SMILES string of the molecule is O=C(O)CCN1C(=O)c2ccc(NC(=O)COc3ccc(F)cc3)cc2C1=O. The Balaban J connectivity index is 1.63. The minimum absolute atomic E-state index is 0.0904. The Labute approximate surface area is 158 Å². The Bertz CT molecular complexity index is 957. The van der Waals surface area contributed by atoms with Crippen LogP contribution in [-0.4, -0.2) is 46.8 Å². The van der Waals surface area contributed by atoms with Gasteiger partial charge in [-0.15, -0.1) is 0 Å². The van der Waals surface area contributed by atoms with Crippen LogP contribution in [0.4, 0.5) is 10.1 Å². The van der Waals surface area contributed by atoms with Crippen LogP contribution >= 0.6 is 0 Å². The van der Waals surface area contributed by atoms with Gasteiger partial charge in [0.2, 0.25) is 0 Å². The van der Waals surface area contributed by atoms with Crippen molar-refractivity contribution in [3.63, 3.8) is 0 Å². The number of carbonyl (C=O) groups excluding carboxylic acids is 3. The number of ether oxygens (including phenoxy) is 1. The highest BCUT2D eigenvalue weighted by Gasteiger charge is 2.35. The molecule has 144 valence electrons. The maximum absolute atomic E-state index is 12.8. The summed E-state index contributed by atoms with van der Waals surface area (Å²) in [5.74, 6) is -2.92. The molecule has 9 heteroatoms. The maximum atomic E-state index is 12.8. The molecule has 2 N–H and O–H groups in total. The maximum Gasteiger partial charge on any atom is 0.305 e. The third-order valence-corrected chi connectivity index (χ3v) is 3.99. The third-order valence-electron chi connectivity index (χ3n) is 3.99. The van der Waals surface area contributed by atoms with E-state index in [1.807, 2.05) is 0 Å². The second kappa shape index (κ2) is 7.87. The highest BCUT2D eigenvalue weighted by molar-refractivity contribution is 6.22. The smallest absolute Gasteiger partial charge is 0.305 e. The van der Waals surface area contributed by atoms with E-state index in [0.717, 1.165) is 4.90 Å². The Hall–Kier alpha value is -3.75. The molecular weight excluding hydrogens is 371 g/mol. The molecule has 3 amide bonds. The molecule has 3 rings (SSSR count). The van der Waals surface area contributed by atoms with Crippen LogP contribution in [0.3, 0.4) is 0 Å². The minimum Gasteiger partial charge on any atom is -0.484 e. The topological polar surface area (TPSA) is 113 Å². The zero-order valence-electron chi connectivity index (χ0n) is 14.5. The van der Waals surface area contributed by atoms with Gasteiger partial charge in [-0.2, -0.15) is 0 Å². The van der Waals surface area contributed by atoms with Crippen LogP contribution in [-0.2, 0) is 9.59 Å². The summed E-state index contributed by atoms with van der Waals surface area (Å²) in [5, 5.41) is 11.3. The molecule has 1 aliphatic rings. The van der Waals surface area contributed by atoms with Gasteiger partial charge >= 0.3 is 5.97 Å². The first kappa shape index (κ1) is 19.0. The average Bonchev–Trinajstić information content (AvgIpc) is 2.89. The number of nitrogens with zero attached hydrogens (tertiary/aromatic N) is 1. The lowest BCUT2D eigenvalue weighted by molar-refractivity contribution is -0.137. The molecular formula is C19H15FN2O6. The molecule has 0 aromatic heterocycles.